The summed E-state index contributed by atoms with van der Waals surface area (Å²) in [4.78, 5) is 110. The van der Waals surface area contributed by atoms with Crippen LogP contribution in [0, 0.1) is 13.1 Å². The van der Waals surface area contributed by atoms with Crippen molar-refractivity contribution in [3.8, 4) is 0 Å². The number of aromatic nitrogens is 9. The van der Waals surface area contributed by atoms with Gasteiger partial charge in [-0.3, -0.25) is 37.8 Å². The van der Waals surface area contributed by atoms with E-state index in [1.165, 1.54) is 34.6 Å². The predicted molar refractivity (Wildman–Crippen MR) is 482 cm³/mol. The number of pyridine rings is 3. The summed E-state index contributed by atoms with van der Waals surface area (Å²) in [5.74, 6) is -0.386. The maximum atomic E-state index is 12.4. The fourth-order valence-electron chi connectivity index (χ4n) is 12.6. The molecular weight excluding hydrogens is 1780 g/mol. The van der Waals surface area contributed by atoms with E-state index in [0.29, 0.717) is 128 Å². The molecule has 129 heavy (non-hydrogen) atoms. The first-order chi connectivity index (χ1) is 61.0. The van der Waals surface area contributed by atoms with E-state index in [0.717, 1.165) is 51.0 Å². The van der Waals surface area contributed by atoms with Gasteiger partial charge in [-0.2, -0.15) is 0 Å². The van der Waals surface area contributed by atoms with Crippen molar-refractivity contribution in [3.05, 3.63) is 113 Å². The number of ether oxygens (including phenoxy) is 9. The average molecular weight is 1900 g/mol. The number of aliphatic hydroxyl groups excluding tert-OH is 2. The Morgan fingerprint density at radius 1 is 0.450 bits per heavy atom. The number of nitrogens with zero attached hydrogens (tertiary/aromatic N) is 13. The standard InChI is InChI=1S/C25H32N5O8P.C22H29N4O9P.C15H18N4O2.C15H32N3OP.C7H12O5.V/c1-5-33-16-22-29-23-24(20-8-6-7-9-21(20)28-25(23)26)30(22)11-13-36-39(35-12-10-27-4)37-15-19(38-18(3)32)14-34-17(2)31;1-4-31-13-19-25-20-21(17-7-5-6-8-18(17)24-22(20)23)26(19)9-10-33-36(29,30)34-12-16(35-15(3)28)11-32-14(2)27;1-2-21-9-12-18-13-14(19(12)7-8-20)10-5-3-4-6-11(10)17-15(13)16;1-12(2)17(13(3)4)20(19-11-10-16-9)18(14(5)6)15(7)8;1-5(9)11-4-7(3-8)12-6(2)10;/h6-9,19H,5,10-16H2,1-3H3,(H2,26,28);5-8,16H,4,9-13H2,1-3H3,(H2,23,24)(H,29,30);3-6,20H,2,7-9H2,1H3,(H2,16,17);12-15H,10-11H2,1-8H3;7-8H,3-4H2,1-2H3;/t19-,39?;16-;;;7-;/m11..0./s1. The van der Waals surface area contributed by atoms with Gasteiger partial charge in [0.05, 0.1) is 72.7 Å². The van der Waals surface area contributed by atoms with E-state index in [4.69, 9.17) is 101 Å². The zero-order chi connectivity index (χ0) is 94.7. The Morgan fingerprint density at radius 3 is 1.12 bits per heavy atom. The second-order valence-corrected chi connectivity index (χ2v) is 33.2. The van der Waals surface area contributed by atoms with Crippen molar-refractivity contribution < 1.29 is 137 Å². The van der Waals surface area contributed by atoms with Crippen LogP contribution in [0.25, 0.3) is 75.5 Å². The largest absolute Gasteiger partial charge is 0.472 e. The molecule has 9 rings (SSSR count). The quantitative estimate of drug-likeness (QED) is 0.00678. The van der Waals surface area contributed by atoms with Gasteiger partial charge in [0, 0.05) is 140 Å². The fourth-order valence-corrected chi connectivity index (χ4v) is 16.7. The van der Waals surface area contributed by atoms with Gasteiger partial charge in [-0.15, -0.1) is 0 Å². The number of imidazole rings is 3. The molecule has 3 aromatic carbocycles. The summed E-state index contributed by atoms with van der Waals surface area (Å²) in [6.45, 7) is 47.5. The molecule has 0 bridgehead atoms. The fraction of sp³-hybridized carbons (Fsp3) is 0.548. The molecule has 1 radical (unpaired) electrons. The maximum Gasteiger partial charge on any atom is 0.472 e. The average Bonchev–Trinajstić information content (AvgIpc) is 1.63. The number of para-hydroxylation sites is 3. The van der Waals surface area contributed by atoms with Crippen LogP contribution >= 0.6 is 24.9 Å². The van der Waals surface area contributed by atoms with Gasteiger partial charge in [-0.1, -0.05) is 54.6 Å². The van der Waals surface area contributed by atoms with Crippen LogP contribution in [0.4, 0.5) is 17.5 Å². The van der Waals surface area contributed by atoms with Crippen molar-refractivity contribution >= 4 is 144 Å². The number of carbonyl (C=O) groups is 6. The molecule has 0 saturated carbocycles. The molecule has 2 unspecified atom stereocenters. The van der Waals surface area contributed by atoms with Crippen LogP contribution in [-0.2, 0) is 161 Å². The molecule has 0 spiro atoms. The van der Waals surface area contributed by atoms with Crippen LogP contribution in [0.15, 0.2) is 72.8 Å². The topological polar surface area (TPSA) is 504 Å². The molecule has 709 valence electrons. The summed E-state index contributed by atoms with van der Waals surface area (Å²) >= 11 is 0. The summed E-state index contributed by atoms with van der Waals surface area (Å²) in [6, 6.07) is 24.6. The van der Waals surface area contributed by atoms with E-state index in [1.54, 1.807) is 4.57 Å². The van der Waals surface area contributed by atoms with E-state index < -0.39 is 85.6 Å². The maximum absolute atomic E-state index is 12.4. The van der Waals surface area contributed by atoms with Gasteiger partial charge in [0.1, 0.15) is 86.9 Å². The molecule has 0 aliphatic heterocycles. The molecule has 45 heteroatoms. The van der Waals surface area contributed by atoms with Gasteiger partial charge < -0.3 is 116 Å². The van der Waals surface area contributed by atoms with Crippen molar-refractivity contribution in [2.24, 2.45) is 0 Å². The summed E-state index contributed by atoms with van der Waals surface area (Å²) in [5.41, 5.74) is 24.8. The molecule has 0 aliphatic rings. The minimum atomic E-state index is -4.54. The second kappa shape index (κ2) is 58.4. The van der Waals surface area contributed by atoms with Crippen molar-refractivity contribution in [2.45, 2.75) is 200 Å². The van der Waals surface area contributed by atoms with Crippen LogP contribution in [0.2, 0.25) is 0 Å². The number of hydrogen-bond donors (Lipinski definition) is 6. The minimum Gasteiger partial charge on any atom is -0.462 e. The summed E-state index contributed by atoms with van der Waals surface area (Å²) in [5, 5.41) is 20.6. The number of benzene rings is 3. The van der Waals surface area contributed by atoms with Crippen molar-refractivity contribution in [1.29, 1.82) is 0 Å². The number of nitrogens with two attached hydrogens (primary N) is 3. The molecule has 6 heterocycles. The van der Waals surface area contributed by atoms with Gasteiger partial charge in [-0.05, 0) is 94.4 Å². The van der Waals surface area contributed by atoms with Gasteiger partial charge in [0.25, 0.3) is 0 Å². The zero-order valence-corrected chi connectivity index (χ0v) is 80.3. The first kappa shape index (κ1) is 112. The Hall–Kier alpha value is -9.39. The third-order valence-electron chi connectivity index (χ3n) is 17.5. The Balaban J connectivity index is 0.000000355. The van der Waals surface area contributed by atoms with Gasteiger partial charge in [0.15, 0.2) is 44.2 Å². The number of fused-ring (bicyclic) bond motifs is 9. The van der Waals surface area contributed by atoms with Crippen LogP contribution < -0.4 is 17.2 Å². The third-order valence-corrected chi connectivity index (χ3v) is 22.7. The molecule has 41 nitrogen and oxygen atoms in total. The molecule has 5 atom stereocenters. The summed E-state index contributed by atoms with van der Waals surface area (Å²) in [6.07, 6.45) is -2.68. The van der Waals surface area contributed by atoms with E-state index >= 15 is 0 Å². The number of esters is 6. The number of aliphatic hydroxyl groups is 2. The Kier molecular flexibility index (Phi) is 50.7. The Bertz CT molecular complexity index is 5130. The second-order valence-electron chi connectivity index (χ2n) is 28.9. The zero-order valence-electron chi connectivity index (χ0n) is 76.2. The molecule has 9 N–H and O–H groups in total. The first-order valence-electron chi connectivity index (χ1n) is 41.4. The summed E-state index contributed by atoms with van der Waals surface area (Å²) in [7, 11) is -7.30. The van der Waals surface area contributed by atoms with Crippen molar-refractivity contribution in [2.75, 3.05) is 123 Å². The Labute approximate surface area is 765 Å². The van der Waals surface area contributed by atoms with Crippen LogP contribution in [0.1, 0.15) is 135 Å². The van der Waals surface area contributed by atoms with E-state index in [-0.39, 0.29) is 110 Å². The Morgan fingerprint density at radius 2 is 0.783 bits per heavy atom. The van der Waals surface area contributed by atoms with Gasteiger partial charge >= 0.3 is 52.2 Å². The number of phosphoric acid groups is 1. The minimum absolute atomic E-state index is 0. The molecule has 0 fully saturated rings. The molecular formula is C84H123N16O25P3V. The third kappa shape index (κ3) is 36.7. The number of hydrogen-bond acceptors (Lipinski definition) is 35. The van der Waals surface area contributed by atoms with E-state index in [1.807, 2.05) is 103 Å². The number of anilines is 3. The van der Waals surface area contributed by atoms with E-state index in [2.05, 4.69) is 109 Å². The van der Waals surface area contributed by atoms with Gasteiger partial charge in [-0.25, -0.2) is 57.0 Å². The molecule has 9 aromatic rings. The molecule has 0 saturated heterocycles. The SMILES string of the molecule is CC(=O)OC[C@H](CO)OC(C)=O.CCOCc1nc2c(N)nc3ccccc3c2n1CCO.CCOCc1nc2c(N)nc3ccccc3c2n1CCOP(=O)(O)OC[C@@H](COC(C)=O)OC(C)=O.[C-]#[N+]CCOP(N(C(C)C)C(C)C)N(C(C)C)C(C)C.[C-]#[N+]CCOP(OCCn1c(COCC)nc2c(N)nc3ccccc3c21)OC[C@@H](COC(C)=O)OC(C)=O.[V]. The summed E-state index contributed by atoms with van der Waals surface area (Å²) < 4.78 is 102. The van der Waals surface area contributed by atoms with E-state index in [9.17, 15) is 43.3 Å². The van der Waals surface area contributed by atoms with Crippen molar-refractivity contribution in [3.63, 3.8) is 0 Å². The van der Waals surface area contributed by atoms with Crippen LogP contribution in [-0.4, -0.2) is 252 Å². The molecule has 0 aliphatic carbocycles. The predicted octanol–water partition coefficient (Wildman–Crippen LogP) is 11.3. The molecule has 6 aromatic heterocycles. The number of carbonyl (C=O) groups excluding carboxylic acids is 6. The van der Waals surface area contributed by atoms with Crippen LogP contribution in [0.3, 0.4) is 0 Å². The van der Waals surface area contributed by atoms with Crippen molar-refractivity contribution in [1.82, 2.24) is 52.9 Å². The normalized spacial score (nSPS) is 12.7. The number of nitrogen functional groups attached to an aromatic ring is 3. The molecule has 0 amide bonds. The van der Waals surface area contributed by atoms with Crippen LogP contribution in [0.5, 0.6) is 0 Å². The first-order valence-corrected chi connectivity index (χ1v) is 45.2. The number of rotatable bonds is 47. The monoisotopic (exact) mass is 1900 g/mol. The number of phosphoric ester groups is 1. The smallest absolute Gasteiger partial charge is 0.462 e. The van der Waals surface area contributed by atoms with Gasteiger partial charge in [0.2, 0.25) is 13.1 Å².